The number of thioether (sulfide) groups is 1. The Morgan fingerprint density at radius 3 is 2.55 bits per heavy atom. The highest BCUT2D eigenvalue weighted by Gasteiger charge is 2.25. The summed E-state index contributed by atoms with van der Waals surface area (Å²) in [7, 11) is 2.75. The number of nitro groups is 1. The van der Waals surface area contributed by atoms with E-state index in [-0.39, 0.29) is 22.2 Å². The summed E-state index contributed by atoms with van der Waals surface area (Å²) >= 11 is 2.77. The van der Waals surface area contributed by atoms with Crippen LogP contribution in [-0.4, -0.2) is 41.0 Å². The van der Waals surface area contributed by atoms with Crippen LogP contribution >= 0.6 is 23.1 Å². The largest absolute Gasteiger partial charge is 0.493 e. The van der Waals surface area contributed by atoms with Crippen molar-refractivity contribution >= 4 is 39.8 Å². The van der Waals surface area contributed by atoms with Crippen molar-refractivity contribution in [3.63, 3.8) is 0 Å². The fourth-order valence-corrected chi connectivity index (χ4v) is 4.52. The second kappa shape index (κ2) is 10.7. The molecule has 3 rings (SSSR count). The van der Waals surface area contributed by atoms with E-state index in [9.17, 15) is 14.9 Å². The maximum Gasteiger partial charge on any atom is 0.286 e. The number of hydrogen-bond donors (Lipinski definition) is 1. The van der Waals surface area contributed by atoms with Crippen LogP contribution in [0.4, 0.5) is 10.8 Å². The van der Waals surface area contributed by atoms with Gasteiger partial charge in [-0.05, 0) is 18.4 Å². The minimum Gasteiger partial charge on any atom is -0.493 e. The normalized spacial score (nSPS) is 10.5. The van der Waals surface area contributed by atoms with Crippen molar-refractivity contribution in [1.29, 1.82) is 0 Å². The van der Waals surface area contributed by atoms with Crippen molar-refractivity contribution in [2.45, 2.75) is 17.2 Å². The lowest BCUT2D eigenvalue weighted by Gasteiger charge is -2.10. The first-order chi connectivity index (χ1) is 15.0. The van der Waals surface area contributed by atoms with E-state index in [1.54, 1.807) is 11.8 Å². The van der Waals surface area contributed by atoms with E-state index in [1.165, 1.54) is 37.2 Å². The van der Waals surface area contributed by atoms with E-state index >= 15 is 0 Å². The van der Waals surface area contributed by atoms with Crippen LogP contribution in [-0.2, 0) is 6.42 Å². The van der Waals surface area contributed by atoms with Gasteiger partial charge in [0.25, 0.3) is 11.6 Å². The van der Waals surface area contributed by atoms with Gasteiger partial charge in [-0.3, -0.25) is 20.2 Å². The minimum absolute atomic E-state index is 0.157. The first kappa shape index (κ1) is 22.5. The molecule has 1 amide bonds. The zero-order chi connectivity index (χ0) is 22.2. The van der Waals surface area contributed by atoms with Gasteiger partial charge in [0, 0.05) is 11.8 Å². The highest BCUT2D eigenvalue weighted by atomic mass is 32.2. The molecule has 0 fully saturated rings. The quantitative estimate of drug-likeness (QED) is 0.155. The molecule has 3 aromatic rings. The molecule has 0 unspecified atom stereocenters. The number of carbonyl (C=O) groups is 1. The van der Waals surface area contributed by atoms with Gasteiger partial charge in [-0.15, -0.1) is 10.2 Å². The summed E-state index contributed by atoms with van der Waals surface area (Å²) in [5.74, 6) is 0.559. The molecular formula is C20H20N4O5S2. The van der Waals surface area contributed by atoms with Crippen LogP contribution in [0.15, 0.2) is 46.8 Å². The zero-order valence-corrected chi connectivity index (χ0v) is 18.5. The SMILES string of the molecule is COc1cc(C(=O)Nc2nnc(SCCCc3ccccc3)s2)c([N+](=O)[O-])cc1OC. The summed E-state index contributed by atoms with van der Waals surface area (Å²) in [6.45, 7) is 0. The number of ether oxygens (including phenoxy) is 2. The maximum absolute atomic E-state index is 12.7. The fourth-order valence-electron chi connectivity index (χ4n) is 2.76. The van der Waals surface area contributed by atoms with Gasteiger partial charge in [0.2, 0.25) is 5.13 Å². The predicted molar refractivity (Wildman–Crippen MR) is 120 cm³/mol. The van der Waals surface area contributed by atoms with E-state index < -0.39 is 16.5 Å². The van der Waals surface area contributed by atoms with E-state index in [4.69, 9.17) is 9.47 Å². The number of hydrogen-bond acceptors (Lipinski definition) is 9. The second-order valence-corrected chi connectivity index (χ2v) is 8.57. The van der Waals surface area contributed by atoms with Crippen LogP contribution in [0.1, 0.15) is 22.3 Å². The van der Waals surface area contributed by atoms with Crippen LogP contribution < -0.4 is 14.8 Å². The molecule has 0 saturated carbocycles. The summed E-state index contributed by atoms with van der Waals surface area (Å²) < 4.78 is 10.9. The lowest BCUT2D eigenvalue weighted by Crippen LogP contribution is -2.14. The Balaban J connectivity index is 1.62. The van der Waals surface area contributed by atoms with Gasteiger partial charge < -0.3 is 9.47 Å². The van der Waals surface area contributed by atoms with E-state index in [0.717, 1.165) is 24.7 Å². The molecule has 0 aliphatic carbocycles. The van der Waals surface area contributed by atoms with Gasteiger partial charge in [0.15, 0.2) is 15.8 Å². The third-order valence-electron chi connectivity index (χ3n) is 4.25. The van der Waals surface area contributed by atoms with E-state index in [2.05, 4.69) is 27.6 Å². The highest BCUT2D eigenvalue weighted by molar-refractivity contribution is 8.01. The first-order valence-electron chi connectivity index (χ1n) is 9.23. The summed E-state index contributed by atoms with van der Waals surface area (Å²) in [6.07, 6.45) is 1.95. The molecule has 162 valence electrons. The van der Waals surface area contributed by atoms with Gasteiger partial charge in [-0.2, -0.15) is 0 Å². The third-order valence-corrected chi connectivity index (χ3v) is 6.31. The molecule has 0 spiro atoms. The summed E-state index contributed by atoms with van der Waals surface area (Å²) in [5.41, 5.74) is 0.731. The Morgan fingerprint density at radius 1 is 1.16 bits per heavy atom. The smallest absolute Gasteiger partial charge is 0.286 e. The van der Waals surface area contributed by atoms with Gasteiger partial charge in [-0.1, -0.05) is 53.4 Å². The minimum atomic E-state index is -0.676. The molecule has 1 heterocycles. The highest BCUT2D eigenvalue weighted by Crippen LogP contribution is 2.35. The average molecular weight is 461 g/mol. The number of nitrogens with zero attached hydrogens (tertiary/aromatic N) is 3. The Kier molecular flexibility index (Phi) is 7.79. The van der Waals surface area contributed by atoms with Crippen LogP contribution in [0.3, 0.4) is 0 Å². The van der Waals surface area contributed by atoms with Gasteiger partial charge in [0.1, 0.15) is 5.56 Å². The van der Waals surface area contributed by atoms with Crippen molar-refractivity contribution < 1.29 is 19.2 Å². The van der Waals surface area contributed by atoms with Crippen molar-refractivity contribution in [2.75, 3.05) is 25.3 Å². The number of methoxy groups -OCH3 is 2. The molecule has 0 saturated heterocycles. The topological polar surface area (TPSA) is 116 Å². The summed E-state index contributed by atoms with van der Waals surface area (Å²) in [4.78, 5) is 23.4. The number of carbonyl (C=O) groups excluding carboxylic acids is 1. The number of aromatic nitrogens is 2. The second-order valence-electron chi connectivity index (χ2n) is 6.25. The molecule has 31 heavy (non-hydrogen) atoms. The standard InChI is InChI=1S/C20H20N4O5S2/c1-28-16-11-14(15(24(26)27)12-17(16)29-2)18(25)21-19-22-23-20(31-19)30-10-6-9-13-7-4-3-5-8-13/h3-5,7-8,11-12H,6,9-10H2,1-2H3,(H,21,22,25). The Labute approximate surface area is 186 Å². The zero-order valence-electron chi connectivity index (χ0n) is 16.9. The number of benzene rings is 2. The van der Waals surface area contributed by atoms with Crippen LogP contribution in [0, 0.1) is 10.1 Å². The lowest BCUT2D eigenvalue weighted by atomic mass is 10.1. The van der Waals surface area contributed by atoms with Crippen molar-refractivity contribution in [3.05, 3.63) is 63.7 Å². The molecule has 0 radical (unpaired) electrons. The number of aryl methyl sites for hydroxylation is 1. The van der Waals surface area contributed by atoms with Gasteiger partial charge in [-0.25, -0.2) is 0 Å². The summed E-state index contributed by atoms with van der Waals surface area (Å²) in [5, 5.41) is 22.3. The molecule has 0 aliphatic heterocycles. The number of amides is 1. The maximum atomic E-state index is 12.7. The van der Waals surface area contributed by atoms with Crippen molar-refractivity contribution in [2.24, 2.45) is 0 Å². The monoisotopic (exact) mass is 460 g/mol. The van der Waals surface area contributed by atoms with Crippen molar-refractivity contribution in [3.8, 4) is 11.5 Å². The van der Waals surface area contributed by atoms with Crippen LogP contribution in [0.25, 0.3) is 0 Å². The number of anilines is 1. The molecule has 1 N–H and O–H groups in total. The van der Waals surface area contributed by atoms with Gasteiger partial charge >= 0.3 is 0 Å². The first-order valence-corrected chi connectivity index (χ1v) is 11.0. The van der Waals surface area contributed by atoms with Crippen LogP contribution in [0.2, 0.25) is 0 Å². The van der Waals surface area contributed by atoms with E-state index in [1.807, 2.05) is 18.2 Å². The molecule has 11 heteroatoms. The molecule has 0 aliphatic rings. The van der Waals surface area contributed by atoms with E-state index in [0.29, 0.717) is 4.34 Å². The Bertz CT molecular complexity index is 1060. The fraction of sp³-hybridized carbons (Fsp3) is 0.250. The number of rotatable bonds is 10. The molecule has 0 atom stereocenters. The number of nitro benzene ring substituents is 1. The Hall–Kier alpha value is -3.18. The molecule has 9 nitrogen and oxygen atoms in total. The van der Waals surface area contributed by atoms with Crippen LogP contribution in [0.5, 0.6) is 11.5 Å². The summed E-state index contributed by atoms with van der Waals surface area (Å²) in [6, 6.07) is 12.6. The average Bonchev–Trinajstić information content (AvgIpc) is 3.23. The number of nitrogens with one attached hydrogen (secondary N) is 1. The Morgan fingerprint density at radius 2 is 1.87 bits per heavy atom. The molecule has 0 bridgehead atoms. The van der Waals surface area contributed by atoms with Gasteiger partial charge in [0.05, 0.1) is 25.2 Å². The van der Waals surface area contributed by atoms with Crippen molar-refractivity contribution in [1.82, 2.24) is 10.2 Å². The lowest BCUT2D eigenvalue weighted by molar-refractivity contribution is -0.385. The third kappa shape index (κ3) is 5.92. The predicted octanol–water partition coefficient (Wildman–Crippen LogP) is 4.44. The molecule has 2 aromatic carbocycles. The molecule has 1 aromatic heterocycles. The molecular weight excluding hydrogens is 440 g/mol.